The van der Waals surface area contributed by atoms with Crippen LogP contribution in [0.2, 0.25) is 0 Å². The normalized spacial score (nSPS) is 14.1. The highest BCUT2D eigenvalue weighted by atomic mass is 16.2. The van der Waals surface area contributed by atoms with Crippen molar-refractivity contribution in [1.29, 1.82) is 0 Å². The molecule has 0 fully saturated rings. The topological polar surface area (TPSA) is 20.3 Å². The Morgan fingerprint density at radius 3 is 2.60 bits per heavy atom. The molecule has 0 aliphatic carbocycles. The highest BCUT2D eigenvalue weighted by Gasteiger charge is 2.20. The van der Waals surface area contributed by atoms with Crippen LogP contribution in [-0.2, 0) is 6.42 Å². The maximum absolute atomic E-state index is 11.7. The zero-order valence-corrected chi connectivity index (χ0v) is 10.0. The number of carbonyl (C=O) groups excluding carboxylic acids is 1. The Bertz CT molecular complexity index is 358. The second kappa shape index (κ2) is 4.96. The second-order valence-corrected chi connectivity index (χ2v) is 3.64. The molecule has 0 spiro atoms. The minimum Gasteiger partial charge on any atom is -0.341 e. The molecule has 1 aromatic carbocycles. The summed E-state index contributed by atoms with van der Waals surface area (Å²) in [7, 11) is 1.85. The van der Waals surface area contributed by atoms with Crippen LogP contribution in [0.3, 0.4) is 0 Å². The molecule has 1 aliphatic heterocycles. The molecule has 1 amide bonds. The van der Waals surface area contributed by atoms with E-state index >= 15 is 0 Å². The molecule has 1 heterocycles. The fourth-order valence-corrected chi connectivity index (χ4v) is 1.70. The third-order valence-corrected chi connectivity index (χ3v) is 2.56. The first kappa shape index (κ1) is 11.8. The Labute approximate surface area is 91.9 Å². The number of fused-ring (bicyclic) bond motifs is 1. The number of amides is 1. The molecular formula is C13H19NO. The van der Waals surface area contributed by atoms with Crippen LogP contribution in [0.1, 0.15) is 35.3 Å². The summed E-state index contributed by atoms with van der Waals surface area (Å²) in [6.45, 7) is 6.86. The van der Waals surface area contributed by atoms with Gasteiger partial charge >= 0.3 is 0 Å². The van der Waals surface area contributed by atoms with Gasteiger partial charge in [-0.3, -0.25) is 4.79 Å². The standard InChI is InChI=1S/C11H13NO.C2H6/c1-8-3-4-9-5-6-12(2)11(13)10(9)7-8;1-2/h3-4,7H,5-6H2,1-2H3;1-2H3. The predicted molar refractivity (Wildman–Crippen MR) is 63.2 cm³/mol. The van der Waals surface area contributed by atoms with Gasteiger partial charge in [0.15, 0.2) is 0 Å². The van der Waals surface area contributed by atoms with E-state index in [1.807, 2.05) is 33.9 Å². The maximum Gasteiger partial charge on any atom is 0.253 e. The Hall–Kier alpha value is -1.31. The lowest BCUT2D eigenvalue weighted by molar-refractivity contribution is 0.0781. The van der Waals surface area contributed by atoms with E-state index in [1.54, 1.807) is 4.90 Å². The zero-order valence-electron chi connectivity index (χ0n) is 10.0. The van der Waals surface area contributed by atoms with Gasteiger partial charge in [0.2, 0.25) is 0 Å². The van der Waals surface area contributed by atoms with Crippen LogP contribution in [0.5, 0.6) is 0 Å². The smallest absolute Gasteiger partial charge is 0.253 e. The van der Waals surface area contributed by atoms with Crippen LogP contribution in [0, 0.1) is 6.92 Å². The first-order chi connectivity index (χ1) is 7.18. The molecule has 0 saturated heterocycles. The Kier molecular flexibility index (Phi) is 3.89. The Balaban J connectivity index is 0.000000531. The number of benzene rings is 1. The monoisotopic (exact) mass is 205 g/mol. The van der Waals surface area contributed by atoms with Gasteiger partial charge < -0.3 is 4.90 Å². The van der Waals surface area contributed by atoms with Gasteiger partial charge in [0, 0.05) is 19.2 Å². The molecule has 0 bridgehead atoms. The number of likely N-dealkylation sites (N-methyl/N-ethyl adjacent to an activating group) is 1. The summed E-state index contributed by atoms with van der Waals surface area (Å²) in [6.07, 6.45) is 0.984. The van der Waals surface area contributed by atoms with Crippen LogP contribution >= 0.6 is 0 Å². The number of hydrogen-bond acceptors (Lipinski definition) is 1. The minimum atomic E-state index is 0.157. The van der Waals surface area contributed by atoms with Crippen molar-refractivity contribution in [2.75, 3.05) is 13.6 Å². The van der Waals surface area contributed by atoms with E-state index in [4.69, 9.17) is 0 Å². The largest absolute Gasteiger partial charge is 0.341 e. The Morgan fingerprint density at radius 2 is 1.93 bits per heavy atom. The molecule has 2 heteroatoms. The van der Waals surface area contributed by atoms with Gasteiger partial charge in [-0.2, -0.15) is 0 Å². The summed E-state index contributed by atoms with van der Waals surface area (Å²) < 4.78 is 0. The van der Waals surface area contributed by atoms with Gasteiger partial charge in [-0.1, -0.05) is 31.5 Å². The summed E-state index contributed by atoms with van der Waals surface area (Å²) in [4.78, 5) is 13.5. The summed E-state index contributed by atoms with van der Waals surface area (Å²) >= 11 is 0. The second-order valence-electron chi connectivity index (χ2n) is 3.64. The van der Waals surface area contributed by atoms with E-state index in [9.17, 15) is 4.79 Å². The van der Waals surface area contributed by atoms with E-state index in [2.05, 4.69) is 12.1 Å². The molecule has 0 radical (unpaired) electrons. The lowest BCUT2D eigenvalue weighted by Crippen LogP contribution is -2.34. The number of rotatable bonds is 0. The van der Waals surface area contributed by atoms with Crippen LogP contribution in [0.25, 0.3) is 0 Å². The molecule has 0 N–H and O–H groups in total. The van der Waals surface area contributed by atoms with Crippen molar-refractivity contribution in [3.05, 3.63) is 34.9 Å². The fraction of sp³-hybridized carbons (Fsp3) is 0.462. The lowest BCUT2D eigenvalue weighted by atomic mass is 9.97. The molecule has 2 nitrogen and oxygen atoms in total. The average Bonchev–Trinajstić information content (AvgIpc) is 2.27. The van der Waals surface area contributed by atoms with Gasteiger partial charge in [-0.15, -0.1) is 0 Å². The van der Waals surface area contributed by atoms with E-state index in [0.717, 1.165) is 24.1 Å². The molecule has 0 atom stereocenters. The van der Waals surface area contributed by atoms with Gasteiger partial charge in [-0.25, -0.2) is 0 Å². The summed E-state index contributed by atoms with van der Waals surface area (Å²) in [5.41, 5.74) is 3.23. The van der Waals surface area contributed by atoms with E-state index in [0.29, 0.717) is 0 Å². The van der Waals surface area contributed by atoms with Gasteiger partial charge in [0.1, 0.15) is 0 Å². The highest BCUT2D eigenvalue weighted by molar-refractivity contribution is 5.96. The number of aryl methyl sites for hydroxylation is 1. The highest BCUT2D eigenvalue weighted by Crippen LogP contribution is 2.18. The average molecular weight is 205 g/mol. The van der Waals surface area contributed by atoms with Crippen molar-refractivity contribution < 1.29 is 4.79 Å². The molecule has 0 saturated carbocycles. The lowest BCUT2D eigenvalue weighted by Gasteiger charge is -2.24. The predicted octanol–water partition coefficient (Wildman–Crippen LogP) is 2.65. The number of carbonyl (C=O) groups is 1. The molecule has 15 heavy (non-hydrogen) atoms. The third kappa shape index (κ3) is 2.38. The van der Waals surface area contributed by atoms with Gasteiger partial charge in [0.25, 0.3) is 5.91 Å². The van der Waals surface area contributed by atoms with E-state index in [-0.39, 0.29) is 5.91 Å². The van der Waals surface area contributed by atoms with Gasteiger partial charge in [-0.05, 0) is 25.0 Å². The third-order valence-electron chi connectivity index (χ3n) is 2.56. The molecule has 82 valence electrons. The van der Waals surface area contributed by atoms with Crippen molar-refractivity contribution in [2.24, 2.45) is 0 Å². The first-order valence-corrected chi connectivity index (χ1v) is 5.53. The van der Waals surface area contributed by atoms with Crippen LogP contribution in [0.4, 0.5) is 0 Å². The summed E-state index contributed by atoms with van der Waals surface area (Å²) in [5, 5.41) is 0. The van der Waals surface area contributed by atoms with Crippen molar-refractivity contribution in [2.45, 2.75) is 27.2 Å². The first-order valence-electron chi connectivity index (χ1n) is 5.53. The fourth-order valence-electron chi connectivity index (χ4n) is 1.70. The minimum absolute atomic E-state index is 0.157. The zero-order chi connectivity index (χ0) is 11.4. The summed E-state index contributed by atoms with van der Waals surface area (Å²) in [5.74, 6) is 0.157. The summed E-state index contributed by atoms with van der Waals surface area (Å²) in [6, 6.07) is 6.11. The van der Waals surface area contributed by atoms with E-state index < -0.39 is 0 Å². The van der Waals surface area contributed by atoms with Crippen LogP contribution < -0.4 is 0 Å². The van der Waals surface area contributed by atoms with Crippen molar-refractivity contribution in [3.63, 3.8) is 0 Å². The van der Waals surface area contributed by atoms with Crippen molar-refractivity contribution in [1.82, 2.24) is 4.90 Å². The van der Waals surface area contributed by atoms with Crippen molar-refractivity contribution in [3.8, 4) is 0 Å². The number of nitrogens with zero attached hydrogens (tertiary/aromatic N) is 1. The van der Waals surface area contributed by atoms with Crippen LogP contribution in [0.15, 0.2) is 18.2 Å². The molecular weight excluding hydrogens is 186 g/mol. The molecule has 0 aromatic heterocycles. The SMILES string of the molecule is CC.Cc1ccc2c(c1)C(=O)N(C)CC2. The quantitative estimate of drug-likeness (QED) is 0.637. The maximum atomic E-state index is 11.7. The van der Waals surface area contributed by atoms with Crippen LogP contribution in [-0.4, -0.2) is 24.4 Å². The molecule has 1 aliphatic rings. The van der Waals surface area contributed by atoms with Crippen molar-refractivity contribution >= 4 is 5.91 Å². The molecule has 2 rings (SSSR count). The number of hydrogen-bond donors (Lipinski definition) is 0. The van der Waals surface area contributed by atoms with E-state index in [1.165, 1.54) is 5.56 Å². The molecule has 1 aromatic rings. The van der Waals surface area contributed by atoms with Gasteiger partial charge in [0.05, 0.1) is 0 Å². The Morgan fingerprint density at radius 1 is 1.27 bits per heavy atom. The molecule has 0 unspecified atom stereocenters.